The van der Waals surface area contributed by atoms with Gasteiger partial charge in [-0.1, -0.05) is 84.0 Å². The Morgan fingerprint density at radius 1 is 0.420 bits per heavy atom. The van der Waals surface area contributed by atoms with E-state index in [4.69, 9.17) is 5.11 Å². The van der Waals surface area contributed by atoms with E-state index >= 15 is 0 Å². The van der Waals surface area contributed by atoms with Crippen LogP contribution < -0.4 is 31.9 Å². The van der Waals surface area contributed by atoms with E-state index in [1.165, 1.54) is 12.8 Å². The third-order valence-corrected chi connectivity index (χ3v) is 11.9. The van der Waals surface area contributed by atoms with Crippen molar-refractivity contribution in [3.8, 4) is 0 Å². The number of amides is 5. The van der Waals surface area contributed by atoms with Crippen LogP contribution in [0.1, 0.15) is 187 Å². The Bertz CT molecular complexity index is 1620. The van der Waals surface area contributed by atoms with Gasteiger partial charge in [-0.25, -0.2) is 19.2 Å². The van der Waals surface area contributed by atoms with Gasteiger partial charge in [0.1, 0.15) is 30.5 Å². The maximum Gasteiger partial charge on any atom is 0.326 e. The summed E-state index contributed by atoms with van der Waals surface area (Å²) in [4.78, 5) is 132. The number of aliphatic carboxylic acids is 5. The van der Waals surface area contributed by atoms with Crippen LogP contribution in [0.3, 0.4) is 0 Å². The van der Waals surface area contributed by atoms with Crippen molar-refractivity contribution in [2.45, 2.75) is 216 Å². The SMILES string of the molecule is CC[C@@](C=O)(CCCCNC(=O)CC[C@H](NC(=O)CC[C@H](NC(=O)CC[C@H](NC(=O)CC[C@H](NC(=O)CCCCCCCCCCCCCCCCC(=O)O)C(=O)O)C(=O)O)C(=O)O)C(=O)O)NC. The minimum absolute atomic E-state index is 0.100. The molecule has 0 saturated carbocycles. The molecule has 0 aromatic heterocycles. The molecule has 0 saturated heterocycles. The van der Waals surface area contributed by atoms with Crippen molar-refractivity contribution in [2.24, 2.45) is 0 Å². The number of carboxylic acids is 5. The lowest BCUT2D eigenvalue weighted by molar-refractivity contribution is -0.144. The number of unbranched alkanes of at least 4 members (excludes halogenated alkanes) is 14. The predicted molar refractivity (Wildman–Crippen MR) is 252 cm³/mol. The average molecular weight is 985 g/mol. The highest BCUT2D eigenvalue weighted by Crippen LogP contribution is 2.16. The number of aldehydes is 1. The lowest BCUT2D eigenvalue weighted by Crippen LogP contribution is -2.45. The highest BCUT2D eigenvalue weighted by molar-refractivity contribution is 5.88. The second-order valence-electron chi connectivity index (χ2n) is 17.5. The molecule has 0 aromatic rings. The fraction of sp³-hybridized carbons (Fsp3) is 0.766. The van der Waals surface area contributed by atoms with E-state index in [1.807, 2.05) is 6.92 Å². The third-order valence-electron chi connectivity index (χ3n) is 11.9. The van der Waals surface area contributed by atoms with Gasteiger partial charge in [-0.15, -0.1) is 0 Å². The van der Waals surface area contributed by atoms with E-state index < -0.39 is 121 Å². The molecule has 0 aliphatic carbocycles. The van der Waals surface area contributed by atoms with Gasteiger partial charge in [-0.05, 0) is 71.3 Å². The molecular weight excluding hydrogens is 905 g/mol. The lowest BCUT2D eigenvalue weighted by Gasteiger charge is -2.25. The molecule has 0 aliphatic rings. The van der Waals surface area contributed by atoms with Gasteiger partial charge in [-0.3, -0.25) is 28.8 Å². The lowest BCUT2D eigenvalue weighted by atomic mass is 9.91. The van der Waals surface area contributed by atoms with Crippen LogP contribution >= 0.6 is 0 Å². The molecule has 0 radical (unpaired) electrons. The van der Waals surface area contributed by atoms with Crippen LogP contribution in [0.15, 0.2) is 0 Å². The van der Waals surface area contributed by atoms with E-state index in [-0.39, 0.29) is 32.1 Å². The molecule has 0 rings (SSSR count). The van der Waals surface area contributed by atoms with Gasteiger partial charge in [0.2, 0.25) is 29.5 Å². The van der Waals surface area contributed by atoms with Crippen LogP contribution in [0.2, 0.25) is 0 Å². The molecule has 5 amide bonds. The summed E-state index contributed by atoms with van der Waals surface area (Å²) < 4.78 is 0. The Hall–Kier alpha value is -5.67. The Labute approximate surface area is 405 Å². The number of nitrogens with one attached hydrogen (secondary N) is 6. The van der Waals surface area contributed by atoms with Crippen LogP contribution in [-0.4, -0.2) is 134 Å². The quantitative estimate of drug-likeness (QED) is 0.0307. The minimum Gasteiger partial charge on any atom is -0.481 e. The molecule has 394 valence electrons. The highest BCUT2D eigenvalue weighted by Gasteiger charge is 2.28. The summed E-state index contributed by atoms with van der Waals surface area (Å²) in [5.41, 5.74) is -0.637. The zero-order chi connectivity index (χ0) is 52.0. The molecule has 0 heterocycles. The number of carbonyl (C=O) groups excluding carboxylic acids is 6. The van der Waals surface area contributed by atoms with Crippen molar-refractivity contribution in [2.75, 3.05) is 13.6 Å². The maximum absolute atomic E-state index is 12.6. The van der Waals surface area contributed by atoms with Crippen LogP contribution in [0.5, 0.6) is 0 Å². The zero-order valence-electron chi connectivity index (χ0n) is 40.6. The Morgan fingerprint density at radius 3 is 1.01 bits per heavy atom. The van der Waals surface area contributed by atoms with Crippen molar-refractivity contribution in [1.82, 2.24) is 31.9 Å². The van der Waals surface area contributed by atoms with Crippen molar-refractivity contribution < 1.29 is 78.3 Å². The largest absolute Gasteiger partial charge is 0.481 e. The molecular formula is C47H80N6O16. The predicted octanol–water partition coefficient (Wildman–Crippen LogP) is 3.56. The summed E-state index contributed by atoms with van der Waals surface area (Å²) in [6.45, 7) is 2.18. The Balaban J connectivity index is 4.60. The second kappa shape index (κ2) is 38.2. The van der Waals surface area contributed by atoms with Crippen LogP contribution in [0, 0.1) is 0 Å². The first-order valence-corrected chi connectivity index (χ1v) is 24.5. The van der Waals surface area contributed by atoms with Crippen molar-refractivity contribution in [3.05, 3.63) is 0 Å². The molecule has 0 spiro atoms. The van der Waals surface area contributed by atoms with Gasteiger partial charge in [0.25, 0.3) is 0 Å². The topological polar surface area (TPSA) is 361 Å². The van der Waals surface area contributed by atoms with E-state index in [0.29, 0.717) is 38.6 Å². The van der Waals surface area contributed by atoms with Gasteiger partial charge >= 0.3 is 29.8 Å². The molecule has 0 unspecified atom stereocenters. The number of hydrogen-bond donors (Lipinski definition) is 11. The first kappa shape index (κ1) is 63.3. The Kier molecular flexibility index (Phi) is 35.1. The van der Waals surface area contributed by atoms with Gasteiger partial charge in [0.15, 0.2) is 0 Å². The maximum atomic E-state index is 12.6. The average Bonchev–Trinajstić information content (AvgIpc) is 3.29. The summed E-state index contributed by atoms with van der Waals surface area (Å²) >= 11 is 0. The van der Waals surface area contributed by atoms with Crippen molar-refractivity contribution in [1.29, 1.82) is 0 Å². The van der Waals surface area contributed by atoms with Crippen LogP contribution in [0.4, 0.5) is 0 Å². The summed E-state index contributed by atoms with van der Waals surface area (Å²) in [6, 6.07) is -6.12. The third kappa shape index (κ3) is 32.7. The molecule has 22 nitrogen and oxygen atoms in total. The van der Waals surface area contributed by atoms with E-state index in [2.05, 4.69) is 31.9 Å². The van der Waals surface area contributed by atoms with Gasteiger partial charge < -0.3 is 62.2 Å². The van der Waals surface area contributed by atoms with Crippen LogP contribution in [-0.2, 0) is 52.7 Å². The molecule has 0 aliphatic heterocycles. The fourth-order valence-electron chi connectivity index (χ4n) is 7.44. The molecule has 69 heavy (non-hydrogen) atoms. The summed E-state index contributed by atoms with van der Waals surface area (Å²) in [5, 5.41) is 61.8. The number of likely N-dealkylation sites (N-methyl/N-ethyl adjacent to an activating group) is 1. The summed E-state index contributed by atoms with van der Waals surface area (Å²) in [6.07, 6.45) is 14.3. The molecule has 0 aromatic carbocycles. The number of hydrogen-bond acceptors (Lipinski definition) is 12. The number of carboxylic acid groups (broad SMARTS) is 5. The summed E-state index contributed by atoms with van der Waals surface area (Å²) in [5.74, 6) is -10.2. The van der Waals surface area contributed by atoms with Gasteiger partial charge in [0.05, 0.1) is 5.54 Å². The normalized spacial score (nSPS) is 13.6. The van der Waals surface area contributed by atoms with E-state index in [9.17, 15) is 73.2 Å². The van der Waals surface area contributed by atoms with Gasteiger partial charge in [0, 0.05) is 45.1 Å². The van der Waals surface area contributed by atoms with Crippen LogP contribution in [0.25, 0.3) is 0 Å². The molecule has 5 atom stereocenters. The molecule has 22 heteroatoms. The smallest absolute Gasteiger partial charge is 0.326 e. The molecule has 11 N–H and O–H groups in total. The van der Waals surface area contributed by atoms with Crippen molar-refractivity contribution in [3.63, 3.8) is 0 Å². The molecule has 0 fully saturated rings. The first-order valence-electron chi connectivity index (χ1n) is 24.5. The standard InChI is InChI=1S/C47H80N6O16/c1-3-47(32-54,48-2)30-18-19-31-49-37(55)26-22-33(43(62)63)51-39(57)28-24-35(45(66)67)53-41(59)29-25-36(46(68)69)52-40(58)27-23-34(44(64)65)50-38(56)20-16-14-12-10-8-6-4-5-7-9-11-13-15-17-21-42(60)61/h32-36,48H,3-31H2,1-2H3,(H,49,55)(H,50,56)(H,51,57)(H,52,58)(H,53,59)(H,60,61)(H,62,63)(H,64,65)(H,66,67)(H,68,69)/t33-,34-,35-,36-,47-/m0/s1. The zero-order valence-corrected chi connectivity index (χ0v) is 40.6. The number of rotatable bonds is 45. The fourth-order valence-corrected chi connectivity index (χ4v) is 7.44. The first-order chi connectivity index (χ1) is 32.8. The van der Waals surface area contributed by atoms with Crippen molar-refractivity contribution >= 4 is 65.7 Å². The van der Waals surface area contributed by atoms with E-state index in [0.717, 1.165) is 76.9 Å². The van der Waals surface area contributed by atoms with E-state index in [1.54, 1.807) is 7.05 Å². The Morgan fingerprint density at radius 2 is 0.725 bits per heavy atom. The van der Waals surface area contributed by atoms with Gasteiger partial charge in [-0.2, -0.15) is 0 Å². The summed E-state index contributed by atoms with van der Waals surface area (Å²) in [7, 11) is 1.70. The molecule has 0 bridgehead atoms. The monoisotopic (exact) mass is 985 g/mol. The second-order valence-corrected chi connectivity index (χ2v) is 17.5. The number of carbonyl (C=O) groups is 11. The minimum atomic E-state index is -1.63. The highest BCUT2D eigenvalue weighted by atomic mass is 16.4.